The molecule has 1 aromatic heterocycles. The summed E-state index contributed by atoms with van der Waals surface area (Å²) < 4.78 is 29.7. The predicted molar refractivity (Wildman–Crippen MR) is 176 cm³/mol. The van der Waals surface area contributed by atoms with Gasteiger partial charge in [0.1, 0.15) is 11.6 Å². The van der Waals surface area contributed by atoms with Crippen molar-refractivity contribution in [2.45, 2.75) is 27.3 Å². The van der Waals surface area contributed by atoms with Crippen molar-refractivity contribution in [2.75, 3.05) is 12.9 Å². The molecule has 1 heterocycles. The molecule has 0 saturated heterocycles. The summed E-state index contributed by atoms with van der Waals surface area (Å²) in [5.41, 5.74) is 7.08. The van der Waals surface area contributed by atoms with Crippen molar-refractivity contribution in [2.24, 2.45) is 0 Å². The topological polar surface area (TPSA) is 102 Å². The van der Waals surface area contributed by atoms with E-state index in [0.717, 1.165) is 45.9 Å². The quantitative estimate of drug-likeness (QED) is 0.162. The molecule has 226 valence electrons. The van der Waals surface area contributed by atoms with Crippen LogP contribution in [0.25, 0.3) is 22.3 Å². The van der Waals surface area contributed by atoms with Crippen molar-refractivity contribution in [3.8, 4) is 22.3 Å². The normalized spacial score (nSPS) is 12.3. The average molecular weight is 655 g/mol. The van der Waals surface area contributed by atoms with E-state index in [4.69, 9.17) is 16.3 Å². The first-order valence-corrected chi connectivity index (χ1v) is 17.1. The molecule has 6 rings (SSSR count). The Balaban J connectivity index is 1.25. The zero-order chi connectivity index (χ0) is 31.6. The standard InChI is InChI=1S/C35H27ClN2O5S2/c1-45(41,42)26-14-12-22(13-15-26)24-17-25(33(32(36)18-24)44-34-23(20-39)7-6-16-37-34)19-38-35(40)43-21-31-29-10-4-2-8-27(29)28-9-3-5-11-30(28)31/h2-18,20,31H,19,21H2,1H3,(H,38,40). The van der Waals surface area contributed by atoms with Gasteiger partial charge in [-0.1, -0.05) is 84.0 Å². The van der Waals surface area contributed by atoms with Crippen molar-refractivity contribution < 1.29 is 22.7 Å². The maximum Gasteiger partial charge on any atom is 0.407 e. The van der Waals surface area contributed by atoms with E-state index < -0.39 is 15.9 Å². The Bertz CT molecular complexity index is 1990. The Morgan fingerprint density at radius 2 is 1.60 bits per heavy atom. The summed E-state index contributed by atoms with van der Waals surface area (Å²) in [5, 5.41) is 3.72. The molecule has 10 heteroatoms. The number of alkyl carbamates (subject to hydrolysis) is 1. The fourth-order valence-corrected chi connectivity index (χ4v) is 7.39. The first kappa shape index (κ1) is 30.6. The third-order valence-electron chi connectivity index (χ3n) is 7.63. The fourth-order valence-electron chi connectivity index (χ4n) is 5.45. The van der Waals surface area contributed by atoms with Crippen LogP contribution in [-0.4, -0.2) is 38.6 Å². The Kier molecular flexibility index (Phi) is 8.76. The lowest BCUT2D eigenvalue weighted by Gasteiger charge is -2.17. The van der Waals surface area contributed by atoms with Crippen LogP contribution in [0.15, 0.2) is 118 Å². The van der Waals surface area contributed by atoms with Crippen LogP contribution in [0.1, 0.15) is 33.0 Å². The minimum atomic E-state index is -3.36. The fraction of sp³-hybridized carbons (Fsp3) is 0.114. The molecule has 1 amide bonds. The number of ether oxygens (including phenoxy) is 1. The zero-order valence-corrected chi connectivity index (χ0v) is 26.5. The molecule has 5 aromatic rings. The van der Waals surface area contributed by atoms with Gasteiger partial charge in [-0.25, -0.2) is 18.2 Å². The second-order valence-corrected chi connectivity index (χ2v) is 14.0. The summed E-state index contributed by atoms with van der Waals surface area (Å²) in [6.45, 7) is 0.253. The molecular formula is C35H27ClN2O5S2. The highest BCUT2D eigenvalue weighted by Gasteiger charge is 2.29. The average Bonchev–Trinajstić information content (AvgIpc) is 3.37. The van der Waals surface area contributed by atoms with Gasteiger partial charge in [0.25, 0.3) is 0 Å². The molecule has 4 aromatic carbocycles. The van der Waals surface area contributed by atoms with Gasteiger partial charge in [0.15, 0.2) is 16.1 Å². The molecule has 0 bridgehead atoms. The predicted octanol–water partition coefficient (Wildman–Crippen LogP) is 7.81. The summed E-state index contributed by atoms with van der Waals surface area (Å²) in [7, 11) is -3.36. The molecule has 0 radical (unpaired) electrons. The smallest absolute Gasteiger partial charge is 0.407 e. The van der Waals surface area contributed by atoms with Gasteiger partial charge in [-0.05, 0) is 75.3 Å². The van der Waals surface area contributed by atoms with Gasteiger partial charge in [0.2, 0.25) is 0 Å². The van der Waals surface area contributed by atoms with Crippen LogP contribution in [0.4, 0.5) is 4.79 Å². The molecule has 0 spiro atoms. The van der Waals surface area contributed by atoms with Gasteiger partial charge >= 0.3 is 6.09 Å². The number of hydrogen-bond acceptors (Lipinski definition) is 7. The number of nitrogens with zero attached hydrogens (tertiary/aromatic N) is 1. The van der Waals surface area contributed by atoms with E-state index in [2.05, 4.69) is 34.6 Å². The van der Waals surface area contributed by atoms with Gasteiger partial charge in [0, 0.05) is 35.4 Å². The summed E-state index contributed by atoms with van der Waals surface area (Å²) in [6.07, 6.45) is 2.90. The Morgan fingerprint density at radius 1 is 0.933 bits per heavy atom. The monoisotopic (exact) mass is 654 g/mol. The van der Waals surface area contributed by atoms with Crippen LogP contribution in [0.5, 0.6) is 0 Å². The molecule has 0 unspecified atom stereocenters. The van der Waals surface area contributed by atoms with Crippen LogP contribution in [0, 0.1) is 0 Å². The number of fused-ring (bicyclic) bond motifs is 3. The highest BCUT2D eigenvalue weighted by atomic mass is 35.5. The SMILES string of the molecule is CS(=O)(=O)c1ccc(-c2cc(Cl)c(Sc3ncccc3C=O)c(CNC(=O)OCC3c4ccccc4-c4ccccc43)c2)cc1. The van der Waals surface area contributed by atoms with Crippen LogP contribution in [0.3, 0.4) is 0 Å². The number of benzene rings is 4. The summed E-state index contributed by atoms with van der Waals surface area (Å²) in [6, 6.07) is 29.7. The maximum atomic E-state index is 13.0. The molecule has 0 atom stereocenters. The second kappa shape index (κ2) is 12.9. The number of halogens is 1. The van der Waals surface area contributed by atoms with E-state index in [1.54, 1.807) is 48.7 Å². The van der Waals surface area contributed by atoms with E-state index in [1.165, 1.54) is 11.8 Å². The van der Waals surface area contributed by atoms with Gasteiger partial charge in [0.05, 0.1) is 9.92 Å². The van der Waals surface area contributed by atoms with Crippen LogP contribution < -0.4 is 5.32 Å². The minimum absolute atomic E-state index is 0.0761. The number of rotatable bonds is 9. The molecule has 1 aliphatic carbocycles. The number of carbonyl (C=O) groups is 2. The van der Waals surface area contributed by atoms with E-state index in [-0.39, 0.29) is 24.0 Å². The number of sulfone groups is 1. The molecule has 0 aliphatic heterocycles. The Morgan fingerprint density at radius 3 is 2.24 bits per heavy atom. The van der Waals surface area contributed by atoms with E-state index in [9.17, 15) is 18.0 Å². The Labute approximate surface area is 270 Å². The van der Waals surface area contributed by atoms with Gasteiger partial charge in [-0.3, -0.25) is 4.79 Å². The van der Waals surface area contributed by atoms with Gasteiger partial charge in [-0.2, -0.15) is 0 Å². The van der Waals surface area contributed by atoms with Crippen molar-refractivity contribution in [3.05, 3.63) is 131 Å². The third-order valence-corrected chi connectivity index (χ3v) is 10.4. The minimum Gasteiger partial charge on any atom is -0.449 e. The van der Waals surface area contributed by atoms with Crippen molar-refractivity contribution in [1.82, 2.24) is 10.3 Å². The third kappa shape index (κ3) is 6.51. The number of pyridine rings is 1. The van der Waals surface area contributed by atoms with Crippen LogP contribution >= 0.6 is 23.4 Å². The first-order chi connectivity index (χ1) is 21.7. The molecule has 0 saturated carbocycles. The van der Waals surface area contributed by atoms with Crippen molar-refractivity contribution in [3.63, 3.8) is 0 Å². The molecule has 1 N–H and O–H groups in total. The van der Waals surface area contributed by atoms with Gasteiger partial charge < -0.3 is 10.1 Å². The lowest BCUT2D eigenvalue weighted by Crippen LogP contribution is -2.26. The molecule has 7 nitrogen and oxygen atoms in total. The maximum absolute atomic E-state index is 13.0. The number of nitrogens with one attached hydrogen (secondary N) is 1. The molecule has 45 heavy (non-hydrogen) atoms. The largest absolute Gasteiger partial charge is 0.449 e. The number of aromatic nitrogens is 1. The molecule has 0 fully saturated rings. The van der Waals surface area contributed by atoms with Crippen molar-refractivity contribution in [1.29, 1.82) is 0 Å². The van der Waals surface area contributed by atoms with Crippen LogP contribution in [-0.2, 0) is 21.1 Å². The van der Waals surface area contributed by atoms with E-state index >= 15 is 0 Å². The lowest BCUT2D eigenvalue weighted by molar-refractivity contribution is 0.112. The van der Waals surface area contributed by atoms with Crippen LogP contribution in [0.2, 0.25) is 5.02 Å². The van der Waals surface area contributed by atoms with E-state index in [0.29, 0.717) is 26.1 Å². The number of amides is 1. The summed E-state index contributed by atoms with van der Waals surface area (Å²) in [5.74, 6) is -0.0761. The molecular weight excluding hydrogens is 628 g/mol. The number of aldehydes is 1. The van der Waals surface area contributed by atoms with Gasteiger partial charge in [-0.15, -0.1) is 0 Å². The highest BCUT2D eigenvalue weighted by Crippen LogP contribution is 2.44. The lowest BCUT2D eigenvalue weighted by atomic mass is 9.98. The Hall–Kier alpha value is -4.44. The second-order valence-electron chi connectivity index (χ2n) is 10.5. The molecule has 1 aliphatic rings. The summed E-state index contributed by atoms with van der Waals surface area (Å²) in [4.78, 5) is 29.9. The zero-order valence-electron chi connectivity index (χ0n) is 24.1. The van der Waals surface area contributed by atoms with Crippen molar-refractivity contribution >= 4 is 45.6 Å². The summed E-state index contributed by atoms with van der Waals surface area (Å²) >= 11 is 8.04. The number of carbonyl (C=O) groups excluding carboxylic acids is 2. The highest BCUT2D eigenvalue weighted by molar-refractivity contribution is 7.99. The number of hydrogen-bond donors (Lipinski definition) is 1. The van der Waals surface area contributed by atoms with E-state index in [1.807, 2.05) is 30.3 Å². The first-order valence-electron chi connectivity index (χ1n) is 14.0.